The number of hydrogen-bond acceptors (Lipinski definition) is 17. The molecule has 0 spiro atoms. The fourth-order valence-electron chi connectivity index (χ4n) is 11.2. The maximum atomic E-state index is 16.6. The molecule has 1 amide bonds. The molecule has 1 aromatic heterocycles. The number of ketones is 3. The van der Waals surface area contributed by atoms with E-state index < -0.39 is 134 Å². The zero-order chi connectivity index (χ0) is 56.4. The van der Waals surface area contributed by atoms with Crippen LogP contribution in [0.2, 0.25) is 0 Å². The number of amides is 1. The molecule has 2 fully saturated rings. The van der Waals surface area contributed by atoms with Gasteiger partial charge < -0.3 is 63.8 Å². The number of anilines is 1. The van der Waals surface area contributed by atoms with Crippen LogP contribution in [0.4, 0.5) is 10.1 Å². The predicted octanol–water partition coefficient (Wildman–Crippen LogP) is 5.66. The van der Waals surface area contributed by atoms with Gasteiger partial charge in [0, 0.05) is 93.7 Å². The predicted molar refractivity (Wildman–Crippen MR) is 277 cm³/mol. The molecule has 20 nitrogen and oxygen atoms in total. The summed E-state index contributed by atoms with van der Waals surface area (Å²) < 4.78 is 47.8. The summed E-state index contributed by atoms with van der Waals surface area (Å²) in [6.45, 7) is 13.6. The van der Waals surface area contributed by atoms with Crippen molar-refractivity contribution in [2.24, 2.45) is 23.7 Å². The van der Waals surface area contributed by atoms with E-state index in [4.69, 9.17) is 23.7 Å². The van der Waals surface area contributed by atoms with Crippen molar-refractivity contribution in [1.29, 1.82) is 0 Å². The van der Waals surface area contributed by atoms with E-state index in [1.165, 1.54) is 66.3 Å². The number of carboxylic acid groups (broad SMARTS) is 1. The van der Waals surface area contributed by atoms with Crippen LogP contribution in [0.25, 0.3) is 10.9 Å². The topological polar surface area (TPSA) is 270 Å². The van der Waals surface area contributed by atoms with E-state index >= 15 is 14.0 Å². The summed E-state index contributed by atoms with van der Waals surface area (Å²) in [5.41, 5.74) is -3.61. The zero-order valence-corrected chi connectivity index (χ0v) is 44.8. The highest BCUT2D eigenvalue weighted by molar-refractivity contribution is 6.32. The highest BCUT2D eigenvalue weighted by Crippen LogP contribution is 2.50. The van der Waals surface area contributed by atoms with Gasteiger partial charge in [-0.1, -0.05) is 45.9 Å². The van der Waals surface area contributed by atoms with Crippen LogP contribution in [0.1, 0.15) is 121 Å². The molecule has 5 N–H and O–H groups in total. The molecule has 21 heteroatoms. The summed E-state index contributed by atoms with van der Waals surface area (Å²) in [6.07, 6.45) is 5.54. The Morgan fingerprint density at radius 3 is 2.21 bits per heavy atom. The number of Topliss-reactive ketones (excluding diaryl/α,β-unsaturated/α-hetero) is 3. The number of halogens is 1. The number of carbonyl (C=O) groups excluding carboxylic acids is 5. The first-order chi connectivity index (χ1) is 36.3. The number of carboxylic acids is 1. The van der Waals surface area contributed by atoms with Crippen LogP contribution in [-0.4, -0.2) is 135 Å². The summed E-state index contributed by atoms with van der Waals surface area (Å²) in [7, 11) is 2.70. The lowest BCUT2D eigenvalue weighted by atomic mass is 9.78. The number of phenols is 1. The number of aromatic hydroxyl groups is 1. The number of piperazine rings is 1. The van der Waals surface area contributed by atoms with Crippen molar-refractivity contribution in [3.05, 3.63) is 104 Å². The maximum absolute atomic E-state index is 16.6. The summed E-state index contributed by atoms with van der Waals surface area (Å²) in [5.74, 6) is -12.6. The number of allylic oxidation sites excluding steroid dienone is 4. The first-order valence-corrected chi connectivity index (χ1v) is 25.5. The van der Waals surface area contributed by atoms with Crippen LogP contribution >= 0.6 is 0 Å². The molecular formula is C56H65FN4O16. The molecule has 3 aromatic rings. The van der Waals surface area contributed by atoms with E-state index in [0.29, 0.717) is 12.8 Å². The number of phenolic OH excluding ortho intramolecular Hbond substituents is 1. The van der Waals surface area contributed by atoms with Gasteiger partial charge in [0.1, 0.15) is 40.2 Å². The number of esters is 1. The number of benzene rings is 2. The molecule has 1 saturated heterocycles. The van der Waals surface area contributed by atoms with Crippen molar-refractivity contribution in [1.82, 2.24) is 14.8 Å². The summed E-state index contributed by atoms with van der Waals surface area (Å²) in [5, 5.41) is 47.3. The third-order valence-corrected chi connectivity index (χ3v) is 15.7. The molecule has 5 bridgehead atoms. The minimum atomic E-state index is -2.21. The normalized spacial score (nSPS) is 28.3. The van der Waals surface area contributed by atoms with Gasteiger partial charge in [0.2, 0.25) is 17.0 Å². The highest BCUT2D eigenvalue weighted by atomic mass is 19.1. The van der Waals surface area contributed by atoms with Crippen molar-refractivity contribution in [3.8, 4) is 17.2 Å². The second-order valence-electron chi connectivity index (χ2n) is 21.0. The Morgan fingerprint density at radius 2 is 1.60 bits per heavy atom. The van der Waals surface area contributed by atoms with Gasteiger partial charge in [0.05, 0.1) is 59.3 Å². The lowest BCUT2D eigenvalue weighted by Crippen LogP contribution is -2.54. The molecule has 0 radical (unpaired) electrons. The number of methoxy groups -OCH3 is 2. The quantitative estimate of drug-likeness (QED) is 0.179. The molecule has 5 heterocycles. The van der Waals surface area contributed by atoms with Gasteiger partial charge in [0.25, 0.3) is 11.7 Å². The molecule has 2 aromatic carbocycles. The summed E-state index contributed by atoms with van der Waals surface area (Å²) >= 11 is 0. The number of aliphatic hydroxyl groups is 2. The van der Waals surface area contributed by atoms with Crippen molar-refractivity contribution in [3.63, 3.8) is 0 Å². The van der Waals surface area contributed by atoms with Crippen molar-refractivity contribution < 1.29 is 77.3 Å². The molecule has 4 aliphatic heterocycles. The van der Waals surface area contributed by atoms with Crippen LogP contribution in [0, 0.1) is 36.4 Å². The van der Waals surface area contributed by atoms with Crippen molar-refractivity contribution >= 4 is 51.8 Å². The Balaban J connectivity index is 1.24. The molecule has 1 saturated carbocycles. The number of nitrogens with one attached hydrogen (secondary N) is 1. The van der Waals surface area contributed by atoms with E-state index in [0.717, 1.165) is 12.3 Å². The van der Waals surface area contributed by atoms with Crippen LogP contribution < -0.4 is 25.1 Å². The van der Waals surface area contributed by atoms with Gasteiger partial charge in [-0.15, -0.1) is 0 Å². The standard InChI is InChI=1S/C56H65FN4O16/c1-24-13-12-14-25(2)54(70)58-40-43(60-19-18-59(22-26(60)3)42-35(57)21-33-41(52(42)74-11)61(32-15-16-32)23-34(47(33)66)55(71)72)49(68)37-38(48(40)67)46(65)30(7)51-39(37)53(69)56(9,77-51)75-20-17-36(73-10)27(4)50(76-31(8)62)29(6)45(64)28(5)44(24)63/h12-14,17,20-21,23-24,26-29,32,36,44-45,50,63-65H,15-16,18-19,22H2,1-11H3,(H,58,70)(H,71,72)/t24-,26?,27+,28+,29+,36-,44-,45+,50+,56-/m0/s1. The van der Waals surface area contributed by atoms with E-state index in [1.807, 2.05) is 0 Å². The first-order valence-electron chi connectivity index (χ1n) is 25.5. The minimum absolute atomic E-state index is 0.0183. The van der Waals surface area contributed by atoms with Gasteiger partial charge in [-0.25, -0.2) is 9.18 Å². The van der Waals surface area contributed by atoms with Crippen LogP contribution in [0.15, 0.2) is 64.6 Å². The highest BCUT2D eigenvalue weighted by Gasteiger charge is 2.54. The van der Waals surface area contributed by atoms with Gasteiger partial charge in [-0.05, 0) is 45.8 Å². The zero-order valence-electron chi connectivity index (χ0n) is 44.8. The Morgan fingerprint density at radius 1 is 0.909 bits per heavy atom. The molecule has 6 aliphatic rings. The van der Waals surface area contributed by atoms with E-state index in [-0.39, 0.29) is 76.2 Å². The van der Waals surface area contributed by atoms with Gasteiger partial charge in [-0.2, -0.15) is 0 Å². The van der Waals surface area contributed by atoms with Crippen molar-refractivity contribution in [2.75, 3.05) is 38.8 Å². The molecule has 77 heavy (non-hydrogen) atoms. The van der Waals surface area contributed by atoms with Crippen LogP contribution in [0.3, 0.4) is 0 Å². The van der Waals surface area contributed by atoms with Crippen molar-refractivity contribution in [2.45, 2.75) is 117 Å². The van der Waals surface area contributed by atoms with Gasteiger partial charge in [0.15, 0.2) is 11.6 Å². The fraction of sp³-hybridized carbons (Fsp3) is 0.482. The number of pyridine rings is 1. The fourth-order valence-corrected chi connectivity index (χ4v) is 11.2. The third kappa shape index (κ3) is 9.77. The number of fused-ring (bicyclic) bond motifs is 15. The number of aromatic nitrogens is 1. The number of hydrogen-bond donors (Lipinski definition) is 5. The maximum Gasteiger partial charge on any atom is 0.341 e. The number of aromatic carboxylic acids is 1. The Bertz CT molecular complexity index is 3190. The molecule has 10 atom stereocenters. The van der Waals surface area contributed by atoms with E-state index in [1.54, 1.807) is 55.1 Å². The minimum Gasteiger partial charge on any atom is -0.507 e. The Hall–Kier alpha value is -7.36. The lowest BCUT2D eigenvalue weighted by Gasteiger charge is -2.44. The number of ether oxygens (including phenoxy) is 5. The average molecular weight is 1070 g/mol. The largest absolute Gasteiger partial charge is 0.507 e. The van der Waals surface area contributed by atoms with E-state index in [2.05, 4.69) is 5.32 Å². The number of rotatable bonds is 7. The second kappa shape index (κ2) is 21.2. The monoisotopic (exact) mass is 1070 g/mol. The SMILES string of the molecule is COc1c(N2CCN(C3=C4NC(=O)C(C)=CC=C[C@H](C)[C@H](O)[C@@H](C)[C@@H](O)[C@@H](C)[C@H](OC(C)=O)[C@H](C)[C@@H](OC)C=CO[C@@]5(C)Oc6c(C)c(O)c(c(c6C5=O)C3=O)C4=O)C(C)C2)c(F)cc2c(=O)c(C(=O)O)cn(C3CC3)c12. The second-order valence-corrected chi connectivity index (χ2v) is 21.0. The Kier molecular flexibility index (Phi) is 15.4. The molecule has 9 rings (SSSR count). The van der Waals surface area contributed by atoms with Gasteiger partial charge >= 0.3 is 17.7 Å². The van der Waals surface area contributed by atoms with Crippen LogP contribution in [0.5, 0.6) is 17.2 Å². The van der Waals surface area contributed by atoms with Gasteiger partial charge in [-0.3, -0.25) is 28.8 Å². The number of carbonyl (C=O) groups is 6. The smallest absolute Gasteiger partial charge is 0.341 e. The third-order valence-electron chi connectivity index (χ3n) is 15.7. The molecule has 1 unspecified atom stereocenters. The molecule has 412 valence electrons. The van der Waals surface area contributed by atoms with E-state index in [9.17, 15) is 44.4 Å². The lowest BCUT2D eigenvalue weighted by molar-refractivity contribution is -0.160. The summed E-state index contributed by atoms with van der Waals surface area (Å²) in [6, 6.07) is 0.0313. The number of aliphatic hydroxyl groups excluding tert-OH is 2. The first kappa shape index (κ1) is 55.9. The molecular weight excluding hydrogens is 1000 g/mol. The average Bonchev–Trinajstić information content (AvgIpc) is 4.31. The van der Waals surface area contributed by atoms with Crippen LogP contribution in [-0.2, 0) is 23.8 Å². The number of nitrogens with zero attached hydrogens (tertiary/aromatic N) is 3. The molecule has 2 aliphatic carbocycles. The Labute approximate surface area is 443 Å². The summed E-state index contributed by atoms with van der Waals surface area (Å²) in [4.78, 5) is 101.